The van der Waals surface area contributed by atoms with Gasteiger partial charge in [-0.15, -0.1) is 11.3 Å². The van der Waals surface area contributed by atoms with Crippen molar-refractivity contribution in [3.05, 3.63) is 35.3 Å². The lowest BCUT2D eigenvalue weighted by molar-refractivity contribution is 0.0687. The van der Waals surface area contributed by atoms with Crippen LogP contribution in [0, 0.1) is 0 Å². The molecule has 2 rings (SSSR count). The van der Waals surface area contributed by atoms with Crippen LogP contribution in [0.15, 0.2) is 29.6 Å². The van der Waals surface area contributed by atoms with E-state index in [1.807, 2.05) is 23.6 Å². The maximum Gasteiger partial charge on any atom is 0.352 e. The van der Waals surface area contributed by atoms with Crippen molar-refractivity contribution in [2.24, 2.45) is 7.05 Å². The summed E-state index contributed by atoms with van der Waals surface area (Å²) in [6.07, 6.45) is 0. The van der Waals surface area contributed by atoms with Gasteiger partial charge < -0.3 is 9.67 Å². The zero-order valence-corrected chi connectivity index (χ0v) is 8.41. The maximum atomic E-state index is 10.8. The minimum absolute atomic E-state index is 0.313. The number of rotatable bonds is 2. The van der Waals surface area contributed by atoms with Gasteiger partial charge in [0.05, 0.1) is 10.6 Å². The van der Waals surface area contributed by atoms with Gasteiger partial charge in [0.25, 0.3) is 0 Å². The van der Waals surface area contributed by atoms with Crippen LogP contribution in [0.5, 0.6) is 0 Å². The highest BCUT2D eigenvalue weighted by atomic mass is 32.1. The van der Waals surface area contributed by atoms with Gasteiger partial charge in [0.1, 0.15) is 5.69 Å². The molecule has 0 spiro atoms. The van der Waals surface area contributed by atoms with Gasteiger partial charge in [-0.1, -0.05) is 6.07 Å². The van der Waals surface area contributed by atoms with Crippen LogP contribution < -0.4 is 0 Å². The zero-order valence-electron chi connectivity index (χ0n) is 7.60. The third-order valence-electron chi connectivity index (χ3n) is 2.11. The van der Waals surface area contributed by atoms with E-state index in [0.717, 1.165) is 10.6 Å². The van der Waals surface area contributed by atoms with Crippen LogP contribution in [-0.2, 0) is 7.05 Å². The third kappa shape index (κ3) is 1.33. The van der Waals surface area contributed by atoms with E-state index in [4.69, 9.17) is 5.11 Å². The van der Waals surface area contributed by atoms with Gasteiger partial charge in [0.2, 0.25) is 0 Å². The molecule has 2 aromatic heterocycles. The minimum atomic E-state index is -0.893. The summed E-state index contributed by atoms with van der Waals surface area (Å²) < 4.78 is 1.69. The van der Waals surface area contributed by atoms with Crippen LogP contribution in [0.3, 0.4) is 0 Å². The van der Waals surface area contributed by atoms with E-state index in [1.54, 1.807) is 29.0 Å². The number of aromatic nitrogens is 1. The standard InChI is InChI=1S/C10H9NO2S/c1-11-7(9-3-2-6-14-9)4-5-8(11)10(12)13/h2-6H,1H3,(H,12,13). The summed E-state index contributed by atoms with van der Waals surface area (Å²) in [6.45, 7) is 0. The van der Waals surface area contributed by atoms with Gasteiger partial charge in [-0.25, -0.2) is 4.79 Å². The average molecular weight is 207 g/mol. The Hall–Kier alpha value is -1.55. The number of hydrogen-bond acceptors (Lipinski definition) is 2. The molecule has 4 heteroatoms. The Morgan fingerprint density at radius 1 is 1.43 bits per heavy atom. The molecule has 0 aliphatic rings. The first kappa shape index (κ1) is 9.02. The van der Waals surface area contributed by atoms with Crippen LogP contribution in [0.25, 0.3) is 10.6 Å². The van der Waals surface area contributed by atoms with E-state index in [-0.39, 0.29) is 0 Å². The molecule has 0 radical (unpaired) electrons. The summed E-state index contributed by atoms with van der Waals surface area (Å²) in [5.74, 6) is -0.893. The molecule has 0 amide bonds. The number of aromatic carboxylic acids is 1. The third-order valence-corrected chi connectivity index (χ3v) is 3.01. The summed E-state index contributed by atoms with van der Waals surface area (Å²) in [5, 5.41) is 10.8. The Morgan fingerprint density at radius 3 is 2.71 bits per heavy atom. The summed E-state index contributed by atoms with van der Waals surface area (Å²) in [7, 11) is 1.76. The Balaban J connectivity index is 2.52. The molecule has 0 unspecified atom stereocenters. The highest BCUT2D eigenvalue weighted by molar-refractivity contribution is 7.13. The molecule has 0 atom stereocenters. The lowest BCUT2D eigenvalue weighted by Gasteiger charge is -2.02. The van der Waals surface area contributed by atoms with Crippen LogP contribution >= 0.6 is 11.3 Å². The molecule has 14 heavy (non-hydrogen) atoms. The van der Waals surface area contributed by atoms with Gasteiger partial charge >= 0.3 is 5.97 Å². The summed E-state index contributed by atoms with van der Waals surface area (Å²) in [5.41, 5.74) is 1.26. The number of carboxylic acids is 1. The summed E-state index contributed by atoms with van der Waals surface area (Å²) >= 11 is 1.60. The quantitative estimate of drug-likeness (QED) is 0.821. The first-order valence-electron chi connectivity index (χ1n) is 4.13. The highest BCUT2D eigenvalue weighted by Gasteiger charge is 2.11. The van der Waals surface area contributed by atoms with E-state index >= 15 is 0 Å². The maximum absolute atomic E-state index is 10.8. The van der Waals surface area contributed by atoms with Crippen molar-refractivity contribution in [2.75, 3.05) is 0 Å². The Bertz CT molecular complexity index is 456. The van der Waals surface area contributed by atoms with Crippen molar-refractivity contribution in [3.8, 4) is 10.6 Å². The van der Waals surface area contributed by atoms with Crippen molar-refractivity contribution in [3.63, 3.8) is 0 Å². The van der Waals surface area contributed by atoms with Gasteiger partial charge in [0.15, 0.2) is 0 Å². The molecule has 0 bridgehead atoms. The largest absolute Gasteiger partial charge is 0.477 e. The minimum Gasteiger partial charge on any atom is -0.477 e. The first-order chi connectivity index (χ1) is 6.70. The molecule has 2 aromatic rings. The SMILES string of the molecule is Cn1c(C(=O)O)ccc1-c1cccs1. The zero-order chi connectivity index (χ0) is 10.1. The second-order valence-corrected chi connectivity index (χ2v) is 3.89. The predicted molar refractivity (Wildman–Crippen MR) is 55.7 cm³/mol. The molecule has 0 saturated heterocycles. The fraction of sp³-hybridized carbons (Fsp3) is 0.100. The van der Waals surface area contributed by atoms with E-state index in [9.17, 15) is 4.79 Å². The van der Waals surface area contributed by atoms with E-state index in [2.05, 4.69) is 0 Å². The molecule has 2 heterocycles. The number of hydrogen-bond donors (Lipinski definition) is 1. The lowest BCUT2D eigenvalue weighted by Crippen LogP contribution is -2.04. The van der Waals surface area contributed by atoms with Gasteiger partial charge in [-0.2, -0.15) is 0 Å². The molecular formula is C10H9NO2S. The molecular weight excluding hydrogens is 198 g/mol. The summed E-state index contributed by atoms with van der Waals surface area (Å²) in [4.78, 5) is 11.9. The monoisotopic (exact) mass is 207 g/mol. The van der Waals surface area contributed by atoms with Crippen molar-refractivity contribution in [1.29, 1.82) is 0 Å². The number of carboxylic acid groups (broad SMARTS) is 1. The fourth-order valence-electron chi connectivity index (χ4n) is 1.40. The predicted octanol–water partition coefficient (Wildman–Crippen LogP) is 2.45. The molecule has 0 aromatic carbocycles. The second kappa shape index (κ2) is 3.31. The Labute approximate surface area is 85.2 Å². The Morgan fingerprint density at radius 2 is 2.21 bits per heavy atom. The van der Waals surface area contributed by atoms with E-state index in [0.29, 0.717) is 5.69 Å². The van der Waals surface area contributed by atoms with Gasteiger partial charge in [-0.05, 0) is 23.6 Å². The molecule has 0 aliphatic heterocycles. The van der Waals surface area contributed by atoms with Gasteiger partial charge in [-0.3, -0.25) is 0 Å². The highest BCUT2D eigenvalue weighted by Crippen LogP contribution is 2.25. The fourth-order valence-corrected chi connectivity index (χ4v) is 2.18. The van der Waals surface area contributed by atoms with Crippen LogP contribution in [0.4, 0.5) is 0 Å². The normalized spacial score (nSPS) is 10.4. The smallest absolute Gasteiger partial charge is 0.352 e. The van der Waals surface area contributed by atoms with Crippen molar-refractivity contribution in [2.45, 2.75) is 0 Å². The number of carbonyl (C=O) groups is 1. The first-order valence-corrected chi connectivity index (χ1v) is 5.01. The second-order valence-electron chi connectivity index (χ2n) is 2.95. The van der Waals surface area contributed by atoms with Crippen molar-refractivity contribution >= 4 is 17.3 Å². The van der Waals surface area contributed by atoms with Crippen LogP contribution in [-0.4, -0.2) is 15.6 Å². The molecule has 3 nitrogen and oxygen atoms in total. The van der Waals surface area contributed by atoms with Crippen molar-refractivity contribution < 1.29 is 9.90 Å². The number of thiophene rings is 1. The number of nitrogens with zero attached hydrogens (tertiary/aromatic N) is 1. The van der Waals surface area contributed by atoms with E-state index in [1.165, 1.54) is 0 Å². The molecule has 0 saturated carbocycles. The molecule has 0 aliphatic carbocycles. The molecule has 1 N–H and O–H groups in total. The topological polar surface area (TPSA) is 42.2 Å². The molecule has 72 valence electrons. The average Bonchev–Trinajstić information content (AvgIpc) is 2.71. The van der Waals surface area contributed by atoms with Gasteiger partial charge in [0, 0.05) is 7.05 Å². The van der Waals surface area contributed by atoms with E-state index < -0.39 is 5.97 Å². The summed E-state index contributed by atoms with van der Waals surface area (Å²) in [6, 6.07) is 7.38. The van der Waals surface area contributed by atoms with Crippen LogP contribution in [0.1, 0.15) is 10.5 Å². The lowest BCUT2D eigenvalue weighted by atomic mass is 10.3. The molecule has 0 fully saturated rings. The Kier molecular flexibility index (Phi) is 2.13. The van der Waals surface area contributed by atoms with Crippen molar-refractivity contribution in [1.82, 2.24) is 4.57 Å². The van der Waals surface area contributed by atoms with Crippen LogP contribution in [0.2, 0.25) is 0 Å².